The molecule has 0 unspecified atom stereocenters. The molecule has 2 aromatic carbocycles. The van der Waals surface area contributed by atoms with Crippen LogP contribution in [0, 0.1) is 0 Å². The van der Waals surface area contributed by atoms with Crippen molar-refractivity contribution in [3.05, 3.63) is 90.4 Å². The van der Waals surface area contributed by atoms with Gasteiger partial charge in [0.25, 0.3) is 0 Å². The van der Waals surface area contributed by atoms with E-state index in [1.165, 1.54) is 10.4 Å². The molecule has 1 fully saturated rings. The molecular formula is C26H32N2O4S. The Hall–Kier alpha value is -2.71. The van der Waals surface area contributed by atoms with Crippen LogP contribution in [0.4, 0.5) is 0 Å². The van der Waals surface area contributed by atoms with E-state index in [1.807, 2.05) is 49.4 Å². The molecule has 1 N–H and O–H groups in total. The zero-order chi connectivity index (χ0) is 23.7. The highest BCUT2D eigenvalue weighted by Gasteiger charge is 2.29. The lowest BCUT2D eigenvalue weighted by Gasteiger charge is -2.35. The maximum absolute atomic E-state index is 12.8. The summed E-state index contributed by atoms with van der Waals surface area (Å²) in [4.78, 5) is 2.25. The minimum Gasteiger partial charge on any atom is -0.491 e. The Labute approximate surface area is 197 Å². The first-order valence-corrected chi connectivity index (χ1v) is 12.5. The molecule has 6 nitrogen and oxygen atoms in total. The van der Waals surface area contributed by atoms with E-state index < -0.39 is 16.1 Å². The first kappa shape index (κ1) is 24.9. The van der Waals surface area contributed by atoms with Gasteiger partial charge in [0.05, 0.1) is 4.91 Å². The van der Waals surface area contributed by atoms with Gasteiger partial charge in [-0.05, 0) is 42.3 Å². The van der Waals surface area contributed by atoms with Crippen LogP contribution in [-0.4, -0.2) is 68.2 Å². The predicted octanol–water partition coefficient (Wildman–Crippen LogP) is 3.69. The molecule has 1 saturated heterocycles. The molecule has 0 bridgehead atoms. The van der Waals surface area contributed by atoms with Gasteiger partial charge in [0.2, 0.25) is 10.0 Å². The predicted molar refractivity (Wildman–Crippen MR) is 133 cm³/mol. The van der Waals surface area contributed by atoms with Crippen molar-refractivity contribution in [2.24, 2.45) is 0 Å². The average molecular weight is 469 g/mol. The molecule has 0 saturated carbocycles. The smallest absolute Gasteiger partial charge is 0.243 e. The van der Waals surface area contributed by atoms with Crippen LogP contribution in [0.5, 0.6) is 5.75 Å². The molecule has 2 aromatic rings. The summed E-state index contributed by atoms with van der Waals surface area (Å²) in [6, 6.07) is 17.9. The van der Waals surface area contributed by atoms with E-state index in [1.54, 1.807) is 18.2 Å². The minimum absolute atomic E-state index is 0.176. The number of benzene rings is 2. The topological polar surface area (TPSA) is 70.1 Å². The summed E-state index contributed by atoms with van der Waals surface area (Å²) in [5.41, 5.74) is 2.25. The molecule has 176 valence electrons. The molecule has 7 heteroatoms. The third kappa shape index (κ3) is 6.88. The van der Waals surface area contributed by atoms with Gasteiger partial charge in [-0.2, -0.15) is 4.31 Å². The minimum atomic E-state index is -3.56. The summed E-state index contributed by atoms with van der Waals surface area (Å²) in [7, 11) is -3.56. The monoisotopic (exact) mass is 468 g/mol. The second kappa shape index (κ2) is 12.0. The highest BCUT2D eigenvalue weighted by Crippen LogP contribution is 2.22. The number of sulfonamides is 1. The molecule has 1 aliphatic rings. The summed E-state index contributed by atoms with van der Waals surface area (Å²) in [6.45, 7) is 7.92. The van der Waals surface area contributed by atoms with Crippen molar-refractivity contribution in [3.63, 3.8) is 0 Å². The standard InChI is InChI=1S/C26H32N2O4S/c1-3-5-11-26(4-2)33(30,31)28-18-16-27(17-19-28)20-24(29)21-32-25-14-12-23(13-15-25)22-9-7-6-8-10-22/h3-15,24,29H,2,16-21H2,1H3/b5-3-,26-11+/t24-/m1/s1. The Kier molecular flexibility index (Phi) is 9.03. The SMILES string of the molecule is C=C/C(=C\C=C/C)S(=O)(=O)N1CCN(C[C@@H](O)COc2ccc(-c3ccccc3)cc2)CC1. The Morgan fingerprint density at radius 2 is 1.70 bits per heavy atom. The Morgan fingerprint density at radius 3 is 2.30 bits per heavy atom. The molecule has 1 aliphatic heterocycles. The van der Waals surface area contributed by atoms with Crippen LogP contribution in [0.25, 0.3) is 11.1 Å². The maximum Gasteiger partial charge on any atom is 0.243 e. The number of hydrogen-bond acceptors (Lipinski definition) is 5. The van der Waals surface area contributed by atoms with Crippen LogP contribution in [-0.2, 0) is 10.0 Å². The van der Waals surface area contributed by atoms with E-state index in [0.717, 1.165) is 11.1 Å². The quantitative estimate of drug-likeness (QED) is 0.539. The molecule has 33 heavy (non-hydrogen) atoms. The van der Waals surface area contributed by atoms with E-state index in [-0.39, 0.29) is 11.5 Å². The van der Waals surface area contributed by atoms with Crippen molar-refractivity contribution >= 4 is 10.0 Å². The molecule has 3 rings (SSSR count). The van der Waals surface area contributed by atoms with E-state index in [4.69, 9.17) is 4.74 Å². The molecule has 0 spiro atoms. The lowest BCUT2D eigenvalue weighted by molar-refractivity contribution is 0.0570. The number of allylic oxidation sites excluding steroid dienone is 4. The molecule has 0 aromatic heterocycles. The van der Waals surface area contributed by atoms with Gasteiger partial charge < -0.3 is 9.84 Å². The second-order valence-corrected chi connectivity index (χ2v) is 9.80. The van der Waals surface area contributed by atoms with Crippen molar-refractivity contribution in [1.82, 2.24) is 9.21 Å². The number of piperazine rings is 1. The number of β-amino-alcohol motifs (C(OH)–C–C–N with tert-alkyl or cyclic N) is 1. The number of aliphatic hydroxyl groups excluding tert-OH is 1. The van der Waals surface area contributed by atoms with Gasteiger partial charge in [-0.15, -0.1) is 0 Å². The van der Waals surface area contributed by atoms with Crippen LogP contribution < -0.4 is 4.74 Å². The fraction of sp³-hybridized carbons (Fsp3) is 0.308. The Bertz CT molecular complexity index is 1060. The molecule has 0 amide bonds. The maximum atomic E-state index is 12.8. The van der Waals surface area contributed by atoms with Crippen LogP contribution in [0.2, 0.25) is 0 Å². The van der Waals surface area contributed by atoms with Crippen molar-refractivity contribution in [2.45, 2.75) is 13.0 Å². The van der Waals surface area contributed by atoms with Crippen molar-refractivity contribution in [3.8, 4) is 16.9 Å². The van der Waals surface area contributed by atoms with E-state index in [2.05, 4.69) is 23.6 Å². The van der Waals surface area contributed by atoms with Gasteiger partial charge in [-0.3, -0.25) is 4.90 Å². The number of rotatable bonds is 10. The second-order valence-electron chi connectivity index (χ2n) is 7.86. The normalized spacial score (nSPS) is 17.2. The first-order valence-electron chi connectivity index (χ1n) is 11.1. The van der Waals surface area contributed by atoms with Gasteiger partial charge >= 0.3 is 0 Å². The number of hydrogen-bond donors (Lipinski definition) is 1. The first-order chi connectivity index (χ1) is 15.9. The number of nitrogens with zero attached hydrogens (tertiary/aromatic N) is 2. The van der Waals surface area contributed by atoms with E-state index >= 15 is 0 Å². The molecule has 1 atom stereocenters. The summed E-state index contributed by atoms with van der Waals surface area (Å²) < 4.78 is 32.8. The van der Waals surface area contributed by atoms with E-state index in [0.29, 0.717) is 38.5 Å². The molecule has 0 aliphatic carbocycles. The summed E-state index contributed by atoms with van der Waals surface area (Å²) in [6.07, 6.45) is 5.73. The molecule has 0 radical (unpaired) electrons. The number of aliphatic hydroxyl groups is 1. The number of ether oxygens (including phenoxy) is 1. The summed E-state index contributed by atoms with van der Waals surface area (Å²) in [5, 5.41) is 10.4. The van der Waals surface area contributed by atoms with Crippen LogP contribution in [0.15, 0.2) is 90.4 Å². The Balaban J connectivity index is 1.46. The van der Waals surface area contributed by atoms with Crippen LogP contribution in [0.1, 0.15) is 6.92 Å². The van der Waals surface area contributed by atoms with Gasteiger partial charge in [0, 0.05) is 32.7 Å². The van der Waals surface area contributed by atoms with Gasteiger partial charge in [-0.25, -0.2) is 8.42 Å². The fourth-order valence-corrected chi connectivity index (χ4v) is 5.07. The largest absolute Gasteiger partial charge is 0.491 e. The Morgan fingerprint density at radius 1 is 1.06 bits per heavy atom. The summed E-state index contributed by atoms with van der Waals surface area (Å²) in [5.74, 6) is 0.703. The zero-order valence-electron chi connectivity index (χ0n) is 19.0. The summed E-state index contributed by atoms with van der Waals surface area (Å²) >= 11 is 0. The third-order valence-corrected chi connectivity index (χ3v) is 7.44. The fourth-order valence-electron chi connectivity index (χ4n) is 3.67. The van der Waals surface area contributed by atoms with E-state index in [9.17, 15) is 13.5 Å². The lowest BCUT2D eigenvalue weighted by atomic mass is 10.1. The lowest BCUT2D eigenvalue weighted by Crippen LogP contribution is -2.51. The average Bonchev–Trinajstić information content (AvgIpc) is 2.84. The molecule has 1 heterocycles. The highest BCUT2D eigenvalue weighted by atomic mass is 32.2. The van der Waals surface area contributed by atoms with Gasteiger partial charge in [0.1, 0.15) is 18.5 Å². The van der Waals surface area contributed by atoms with Crippen LogP contribution >= 0.6 is 0 Å². The third-order valence-electron chi connectivity index (χ3n) is 5.50. The van der Waals surface area contributed by atoms with Crippen LogP contribution in [0.3, 0.4) is 0 Å². The molecular weight excluding hydrogens is 436 g/mol. The zero-order valence-corrected chi connectivity index (χ0v) is 19.8. The highest BCUT2D eigenvalue weighted by molar-refractivity contribution is 7.93. The van der Waals surface area contributed by atoms with Crippen molar-refractivity contribution < 1.29 is 18.3 Å². The van der Waals surface area contributed by atoms with Crippen molar-refractivity contribution in [2.75, 3.05) is 39.3 Å². The van der Waals surface area contributed by atoms with Crippen molar-refractivity contribution in [1.29, 1.82) is 0 Å². The van der Waals surface area contributed by atoms with Gasteiger partial charge in [0.15, 0.2) is 0 Å². The van der Waals surface area contributed by atoms with Gasteiger partial charge in [-0.1, -0.05) is 61.2 Å².